The number of rotatable bonds is 3. The van der Waals surface area contributed by atoms with Gasteiger partial charge in [-0.15, -0.1) is 0 Å². The molecule has 1 N–H and O–H groups in total. The van der Waals surface area contributed by atoms with Crippen molar-refractivity contribution in [2.24, 2.45) is 5.41 Å². The monoisotopic (exact) mass is 312 g/mol. The Morgan fingerprint density at radius 3 is 2.45 bits per heavy atom. The molecule has 5 nitrogen and oxygen atoms in total. The van der Waals surface area contributed by atoms with Gasteiger partial charge in [0.25, 0.3) is 0 Å². The fourth-order valence-corrected chi connectivity index (χ4v) is 3.54. The third-order valence-corrected chi connectivity index (χ3v) is 4.89. The Balaban J connectivity index is 1.96. The first-order valence-electron chi connectivity index (χ1n) is 8.39. The third kappa shape index (κ3) is 4.13. The van der Waals surface area contributed by atoms with Crippen LogP contribution in [0.25, 0.3) is 0 Å². The van der Waals surface area contributed by atoms with Crippen molar-refractivity contribution in [1.29, 1.82) is 0 Å². The van der Waals surface area contributed by atoms with Crippen LogP contribution >= 0.6 is 0 Å². The predicted molar refractivity (Wildman–Crippen MR) is 86.9 cm³/mol. The molecule has 0 radical (unpaired) electrons. The molecule has 2 aliphatic rings. The van der Waals surface area contributed by atoms with Gasteiger partial charge >= 0.3 is 6.09 Å². The molecule has 0 aromatic heterocycles. The second kappa shape index (κ2) is 6.36. The van der Waals surface area contributed by atoms with Gasteiger partial charge in [-0.05, 0) is 39.0 Å². The molecule has 1 amide bonds. The van der Waals surface area contributed by atoms with Gasteiger partial charge in [0.05, 0.1) is 18.7 Å². The molecule has 5 heteroatoms. The summed E-state index contributed by atoms with van der Waals surface area (Å²) in [6, 6.07) is 0.675. The van der Waals surface area contributed by atoms with Crippen molar-refractivity contribution in [3.8, 4) is 0 Å². The van der Waals surface area contributed by atoms with Crippen LogP contribution in [0.5, 0.6) is 0 Å². The lowest BCUT2D eigenvalue weighted by atomic mass is 9.87. The van der Waals surface area contributed by atoms with Crippen molar-refractivity contribution < 1.29 is 14.3 Å². The largest absolute Gasteiger partial charge is 0.444 e. The van der Waals surface area contributed by atoms with Gasteiger partial charge in [0.15, 0.2) is 0 Å². The summed E-state index contributed by atoms with van der Waals surface area (Å²) < 4.78 is 11.1. The molecule has 128 valence electrons. The quantitative estimate of drug-likeness (QED) is 0.870. The van der Waals surface area contributed by atoms with Crippen molar-refractivity contribution >= 4 is 6.09 Å². The zero-order chi connectivity index (χ0) is 16.5. The van der Waals surface area contributed by atoms with Crippen LogP contribution in [0.15, 0.2) is 0 Å². The molecule has 0 aromatic rings. The lowest BCUT2D eigenvalue weighted by Gasteiger charge is -2.32. The Hall–Kier alpha value is -0.810. The Kier molecular flexibility index (Phi) is 5.07. The van der Waals surface area contributed by atoms with E-state index in [4.69, 9.17) is 9.47 Å². The standard InChI is InChI=1S/C17H32N2O3/c1-16(2,3)22-15(20)19-10-12(13(11-19)21-6)18-14-8-7-9-17(14,4)5/h12-14,18H,7-11H2,1-6H3/t12?,13-,14?/m0/s1. The molecular weight excluding hydrogens is 280 g/mol. The molecule has 2 fully saturated rings. The van der Waals surface area contributed by atoms with E-state index in [-0.39, 0.29) is 18.2 Å². The maximum absolute atomic E-state index is 12.3. The molecule has 0 bridgehead atoms. The summed E-state index contributed by atoms with van der Waals surface area (Å²) >= 11 is 0. The average Bonchev–Trinajstić information content (AvgIpc) is 2.92. The summed E-state index contributed by atoms with van der Waals surface area (Å²) in [5.74, 6) is 0. The van der Waals surface area contributed by atoms with Crippen LogP contribution in [0, 0.1) is 5.41 Å². The van der Waals surface area contributed by atoms with Crippen LogP contribution in [0.1, 0.15) is 53.9 Å². The van der Waals surface area contributed by atoms with E-state index in [1.165, 1.54) is 19.3 Å². The van der Waals surface area contributed by atoms with Crippen LogP contribution < -0.4 is 5.32 Å². The number of nitrogens with one attached hydrogen (secondary N) is 1. The fraction of sp³-hybridized carbons (Fsp3) is 0.941. The van der Waals surface area contributed by atoms with Gasteiger partial charge in [-0.1, -0.05) is 20.3 Å². The molecule has 0 aromatic carbocycles. The first kappa shape index (κ1) is 17.5. The van der Waals surface area contributed by atoms with Crippen molar-refractivity contribution in [1.82, 2.24) is 10.2 Å². The van der Waals surface area contributed by atoms with Gasteiger partial charge in [-0.2, -0.15) is 0 Å². The van der Waals surface area contributed by atoms with Gasteiger partial charge in [0.2, 0.25) is 0 Å². The SMILES string of the molecule is CO[C@H]1CN(C(=O)OC(C)(C)C)CC1NC1CCCC1(C)C. The van der Waals surface area contributed by atoms with Crippen molar-refractivity contribution in [2.45, 2.75) is 77.7 Å². The van der Waals surface area contributed by atoms with Crippen LogP contribution in [-0.2, 0) is 9.47 Å². The third-order valence-electron chi connectivity index (χ3n) is 4.89. The molecule has 2 unspecified atom stereocenters. The maximum atomic E-state index is 12.3. The van der Waals surface area contributed by atoms with E-state index < -0.39 is 5.60 Å². The summed E-state index contributed by atoms with van der Waals surface area (Å²) in [6.07, 6.45) is 3.51. The molecule has 3 atom stereocenters. The van der Waals surface area contributed by atoms with E-state index >= 15 is 0 Å². The minimum atomic E-state index is -0.460. The van der Waals surface area contributed by atoms with E-state index in [1.54, 1.807) is 12.0 Å². The van der Waals surface area contributed by atoms with Crippen molar-refractivity contribution in [2.75, 3.05) is 20.2 Å². The first-order chi connectivity index (χ1) is 10.1. The highest BCUT2D eigenvalue weighted by Crippen LogP contribution is 2.38. The highest BCUT2D eigenvalue weighted by Gasteiger charge is 2.42. The van der Waals surface area contributed by atoms with Gasteiger partial charge < -0.3 is 19.7 Å². The molecular formula is C17H32N2O3. The predicted octanol–water partition coefficient (Wildman–Crippen LogP) is 2.79. The van der Waals surface area contributed by atoms with E-state index in [2.05, 4.69) is 19.2 Å². The number of carbonyl (C=O) groups excluding carboxylic acids is 1. The second-order valence-electron chi connectivity index (χ2n) is 8.37. The molecule has 1 aliphatic heterocycles. The van der Waals surface area contributed by atoms with Crippen molar-refractivity contribution in [3.05, 3.63) is 0 Å². The highest BCUT2D eigenvalue weighted by molar-refractivity contribution is 5.68. The van der Waals surface area contributed by atoms with Gasteiger partial charge in [-0.25, -0.2) is 4.79 Å². The molecule has 1 aliphatic carbocycles. The highest BCUT2D eigenvalue weighted by atomic mass is 16.6. The number of hydrogen-bond donors (Lipinski definition) is 1. The zero-order valence-electron chi connectivity index (χ0n) is 14.9. The molecule has 2 rings (SSSR count). The number of nitrogens with zero attached hydrogens (tertiary/aromatic N) is 1. The second-order valence-corrected chi connectivity index (χ2v) is 8.37. The van der Waals surface area contributed by atoms with E-state index in [1.807, 2.05) is 20.8 Å². The smallest absolute Gasteiger partial charge is 0.410 e. The van der Waals surface area contributed by atoms with E-state index in [0.717, 1.165) is 0 Å². The van der Waals surface area contributed by atoms with Crippen molar-refractivity contribution in [3.63, 3.8) is 0 Å². The molecule has 22 heavy (non-hydrogen) atoms. The zero-order valence-corrected chi connectivity index (χ0v) is 14.9. The molecule has 1 saturated carbocycles. The van der Waals surface area contributed by atoms with Gasteiger partial charge in [-0.3, -0.25) is 0 Å². The normalized spacial score (nSPS) is 31.5. The van der Waals surface area contributed by atoms with E-state index in [9.17, 15) is 4.79 Å². The van der Waals surface area contributed by atoms with Crippen LogP contribution in [0.3, 0.4) is 0 Å². The number of amides is 1. The Morgan fingerprint density at radius 1 is 1.27 bits per heavy atom. The lowest BCUT2D eigenvalue weighted by molar-refractivity contribution is 0.0252. The summed E-state index contributed by atoms with van der Waals surface area (Å²) in [5, 5.41) is 3.74. The summed E-state index contributed by atoms with van der Waals surface area (Å²) in [7, 11) is 1.72. The number of hydrogen-bond acceptors (Lipinski definition) is 4. The number of likely N-dealkylation sites (tertiary alicyclic amines) is 1. The van der Waals surface area contributed by atoms with Crippen LogP contribution in [0.2, 0.25) is 0 Å². The Bertz CT molecular complexity index is 403. The van der Waals surface area contributed by atoms with Gasteiger partial charge in [0, 0.05) is 19.7 Å². The topological polar surface area (TPSA) is 50.8 Å². The minimum Gasteiger partial charge on any atom is -0.444 e. The number of carbonyl (C=O) groups is 1. The minimum absolute atomic E-state index is 0.0314. The average molecular weight is 312 g/mol. The summed E-state index contributed by atoms with van der Waals surface area (Å²) in [4.78, 5) is 14.0. The van der Waals surface area contributed by atoms with Gasteiger partial charge in [0.1, 0.15) is 5.60 Å². The Morgan fingerprint density at radius 2 is 1.95 bits per heavy atom. The van der Waals surface area contributed by atoms with Crippen LogP contribution in [0.4, 0.5) is 4.79 Å². The molecule has 0 spiro atoms. The lowest BCUT2D eigenvalue weighted by Crippen LogP contribution is -2.49. The first-order valence-corrected chi connectivity index (χ1v) is 8.39. The maximum Gasteiger partial charge on any atom is 0.410 e. The van der Waals surface area contributed by atoms with Crippen LogP contribution in [-0.4, -0.2) is 55.0 Å². The summed E-state index contributed by atoms with van der Waals surface area (Å²) in [5.41, 5.74) is -0.143. The molecule has 1 saturated heterocycles. The molecule has 1 heterocycles. The number of ether oxygens (including phenoxy) is 2. The number of methoxy groups -OCH3 is 1. The van der Waals surface area contributed by atoms with E-state index in [0.29, 0.717) is 24.5 Å². The summed E-state index contributed by atoms with van der Waals surface area (Å²) in [6.45, 7) is 11.6. The Labute approximate surface area is 134 Å². The fourth-order valence-electron chi connectivity index (χ4n) is 3.54.